The largest absolute Gasteiger partial charge is 0.405 e. The Morgan fingerprint density at radius 1 is 1.67 bits per heavy atom. The predicted molar refractivity (Wildman–Crippen MR) is 41.1 cm³/mol. The molecule has 0 heterocycles. The molecule has 0 saturated carbocycles. The fraction of sp³-hybridized carbons (Fsp3) is 0.714. The first-order valence-corrected chi connectivity index (χ1v) is 3.35. The second-order valence-electron chi connectivity index (χ2n) is 2.20. The summed E-state index contributed by atoms with van der Waals surface area (Å²) in [4.78, 5) is 0. The summed E-state index contributed by atoms with van der Waals surface area (Å²) in [5.74, 6) is 0. The van der Waals surface area contributed by atoms with Gasteiger partial charge in [0, 0.05) is 6.04 Å². The van der Waals surface area contributed by atoms with E-state index in [0.29, 0.717) is 6.04 Å². The average molecular weight is 128 g/mol. The molecule has 0 spiro atoms. The van der Waals surface area contributed by atoms with Crippen LogP contribution in [0.3, 0.4) is 0 Å². The molecule has 0 aliphatic heterocycles. The lowest BCUT2D eigenvalue weighted by Gasteiger charge is -2.06. The van der Waals surface area contributed by atoms with Crippen LogP contribution in [-0.4, -0.2) is 13.1 Å². The van der Waals surface area contributed by atoms with Gasteiger partial charge in [-0.1, -0.05) is 6.08 Å². The molecule has 0 aromatic rings. The van der Waals surface area contributed by atoms with Gasteiger partial charge in [-0.3, -0.25) is 0 Å². The van der Waals surface area contributed by atoms with Crippen molar-refractivity contribution in [2.45, 2.75) is 25.8 Å². The monoisotopic (exact) mass is 128 g/mol. The molecule has 0 aromatic carbocycles. The van der Waals surface area contributed by atoms with E-state index in [1.54, 1.807) is 6.20 Å². The molecule has 0 bridgehead atoms. The van der Waals surface area contributed by atoms with Gasteiger partial charge >= 0.3 is 0 Å². The van der Waals surface area contributed by atoms with Crippen LogP contribution in [0.15, 0.2) is 12.3 Å². The molecule has 9 heavy (non-hydrogen) atoms. The lowest BCUT2D eigenvalue weighted by molar-refractivity contribution is 0.570. The van der Waals surface area contributed by atoms with Crippen LogP contribution in [0.25, 0.3) is 0 Å². The summed E-state index contributed by atoms with van der Waals surface area (Å²) in [6, 6.07) is 0.598. The molecule has 0 saturated heterocycles. The maximum atomic E-state index is 5.16. The quantitative estimate of drug-likeness (QED) is 0.589. The summed E-state index contributed by atoms with van der Waals surface area (Å²) < 4.78 is 0. The van der Waals surface area contributed by atoms with Crippen molar-refractivity contribution in [3.63, 3.8) is 0 Å². The molecule has 0 radical (unpaired) electrons. The molecule has 1 unspecified atom stereocenters. The van der Waals surface area contributed by atoms with E-state index in [1.807, 2.05) is 13.1 Å². The SMILES string of the molecule is CNC(C)CC/C=C\N. The Labute approximate surface area is 57.1 Å². The Bertz CT molecular complexity index is 79.0. The summed E-state index contributed by atoms with van der Waals surface area (Å²) in [5, 5.41) is 3.15. The highest BCUT2D eigenvalue weighted by Crippen LogP contribution is 1.94. The van der Waals surface area contributed by atoms with E-state index in [4.69, 9.17) is 5.73 Å². The predicted octanol–water partition coefficient (Wildman–Crippen LogP) is 0.847. The number of allylic oxidation sites excluding steroid dienone is 1. The maximum Gasteiger partial charge on any atom is 0.00386 e. The fourth-order valence-corrected chi connectivity index (χ4v) is 0.587. The van der Waals surface area contributed by atoms with E-state index >= 15 is 0 Å². The third kappa shape index (κ3) is 5.37. The van der Waals surface area contributed by atoms with Crippen LogP contribution in [0.4, 0.5) is 0 Å². The highest BCUT2D eigenvalue weighted by Gasteiger charge is 1.92. The first kappa shape index (κ1) is 8.50. The van der Waals surface area contributed by atoms with Gasteiger partial charge in [-0.05, 0) is 33.0 Å². The van der Waals surface area contributed by atoms with Gasteiger partial charge in [0.25, 0.3) is 0 Å². The molecule has 1 atom stereocenters. The van der Waals surface area contributed by atoms with E-state index in [2.05, 4.69) is 12.2 Å². The number of nitrogens with two attached hydrogens (primary N) is 1. The van der Waals surface area contributed by atoms with Gasteiger partial charge in [-0.25, -0.2) is 0 Å². The summed E-state index contributed by atoms with van der Waals surface area (Å²) in [5.41, 5.74) is 5.16. The molecule has 2 heteroatoms. The fourth-order valence-electron chi connectivity index (χ4n) is 0.587. The lowest BCUT2D eigenvalue weighted by Crippen LogP contribution is -2.20. The minimum Gasteiger partial charge on any atom is -0.405 e. The summed E-state index contributed by atoms with van der Waals surface area (Å²) in [6.07, 6.45) is 5.80. The van der Waals surface area contributed by atoms with Gasteiger partial charge in [0.1, 0.15) is 0 Å². The van der Waals surface area contributed by atoms with Gasteiger partial charge in [0.2, 0.25) is 0 Å². The Kier molecular flexibility index (Phi) is 5.32. The molecule has 0 aliphatic rings. The Morgan fingerprint density at radius 3 is 2.78 bits per heavy atom. The van der Waals surface area contributed by atoms with Crippen molar-refractivity contribution in [1.82, 2.24) is 5.32 Å². The zero-order valence-corrected chi connectivity index (χ0v) is 6.22. The number of nitrogens with one attached hydrogen (secondary N) is 1. The van der Waals surface area contributed by atoms with E-state index in [-0.39, 0.29) is 0 Å². The molecular weight excluding hydrogens is 112 g/mol. The lowest BCUT2D eigenvalue weighted by atomic mass is 10.2. The second kappa shape index (κ2) is 5.63. The third-order valence-corrected chi connectivity index (χ3v) is 1.40. The van der Waals surface area contributed by atoms with Gasteiger partial charge in [0.05, 0.1) is 0 Å². The highest BCUT2D eigenvalue weighted by molar-refractivity contribution is 4.76. The van der Waals surface area contributed by atoms with E-state index in [1.165, 1.54) is 0 Å². The smallest absolute Gasteiger partial charge is 0.00386 e. The van der Waals surface area contributed by atoms with Gasteiger partial charge in [0.15, 0.2) is 0 Å². The molecule has 54 valence electrons. The molecule has 0 aromatic heterocycles. The average Bonchev–Trinajstić information content (AvgIpc) is 1.89. The van der Waals surface area contributed by atoms with Gasteiger partial charge in [-0.2, -0.15) is 0 Å². The third-order valence-electron chi connectivity index (χ3n) is 1.40. The molecule has 2 nitrogen and oxygen atoms in total. The van der Waals surface area contributed by atoms with E-state index in [0.717, 1.165) is 12.8 Å². The van der Waals surface area contributed by atoms with Crippen molar-refractivity contribution in [1.29, 1.82) is 0 Å². The van der Waals surface area contributed by atoms with Crippen molar-refractivity contribution < 1.29 is 0 Å². The number of hydrogen-bond acceptors (Lipinski definition) is 2. The van der Waals surface area contributed by atoms with Gasteiger partial charge in [-0.15, -0.1) is 0 Å². The molecule has 0 rings (SSSR count). The first-order valence-electron chi connectivity index (χ1n) is 3.35. The van der Waals surface area contributed by atoms with Crippen molar-refractivity contribution in [3.8, 4) is 0 Å². The van der Waals surface area contributed by atoms with Crippen molar-refractivity contribution in [3.05, 3.63) is 12.3 Å². The van der Waals surface area contributed by atoms with Crippen LogP contribution in [0, 0.1) is 0 Å². The number of hydrogen-bond donors (Lipinski definition) is 2. The Hall–Kier alpha value is -0.500. The minimum atomic E-state index is 0.598. The van der Waals surface area contributed by atoms with E-state index in [9.17, 15) is 0 Å². The molecule has 0 fully saturated rings. The normalized spacial score (nSPS) is 14.4. The van der Waals surface area contributed by atoms with Crippen molar-refractivity contribution in [2.75, 3.05) is 7.05 Å². The first-order chi connectivity index (χ1) is 4.31. The second-order valence-corrected chi connectivity index (χ2v) is 2.20. The molecule has 0 amide bonds. The topological polar surface area (TPSA) is 38.0 Å². The Balaban J connectivity index is 3.06. The summed E-state index contributed by atoms with van der Waals surface area (Å²) in [6.45, 7) is 2.16. The van der Waals surface area contributed by atoms with Crippen molar-refractivity contribution in [2.24, 2.45) is 5.73 Å². The zero-order valence-electron chi connectivity index (χ0n) is 6.22. The van der Waals surface area contributed by atoms with Crippen LogP contribution < -0.4 is 11.1 Å². The highest BCUT2D eigenvalue weighted by atomic mass is 14.8. The summed E-state index contributed by atoms with van der Waals surface area (Å²) in [7, 11) is 1.97. The van der Waals surface area contributed by atoms with Crippen LogP contribution >= 0.6 is 0 Å². The van der Waals surface area contributed by atoms with Crippen molar-refractivity contribution >= 4 is 0 Å². The van der Waals surface area contributed by atoms with Gasteiger partial charge < -0.3 is 11.1 Å². The zero-order chi connectivity index (χ0) is 7.11. The van der Waals surface area contributed by atoms with E-state index < -0.39 is 0 Å². The minimum absolute atomic E-state index is 0.598. The molecule has 3 N–H and O–H groups in total. The number of rotatable bonds is 4. The van der Waals surface area contributed by atoms with Crippen LogP contribution in [-0.2, 0) is 0 Å². The van der Waals surface area contributed by atoms with Crippen LogP contribution in [0.1, 0.15) is 19.8 Å². The maximum absolute atomic E-state index is 5.16. The molecular formula is C7H16N2. The van der Waals surface area contributed by atoms with Crippen LogP contribution in [0.2, 0.25) is 0 Å². The van der Waals surface area contributed by atoms with Crippen LogP contribution in [0.5, 0.6) is 0 Å². The standard InChI is InChI=1S/C7H16N2/c1-7(9-2)5-3-4-6-8/h4,6-7,9H,3,5,8H2,1-2H3/b6-4-. The molecule has 0 aliphatic carbocycles. The Morgan fingerprint density at radius 2 is 2.33 bits per heavy atom. The summed E-state index contributed by atoms with van der Waals surface area (Å²) >= 11 is 0.